The highest BCUT2D eigenvalue weighted by Gasteiger charge is 2.26. The number of hydrazine groups is 1. The minimum atomic E-state index is 0.241. The molecule has 1 aromatic heterocycles. The van der Waals surface area contributed by atoms with Gasteiger partial charge >= 0.3 is 0 Å². The van der Waals surface area contributed by atoms with E-state index in [9.17, 15) is 0 Å². The minimum absolute atomic E-state index is 0.241. The zero-order chi connectivity index (χ0) is 10.7. The molecule has 1 aromatic rings. The van der Waals surface area contributed by atoms with E-state index in [0.29, 0.717) is 5.25 Å². The Hall–Kier alpha value is -0.580. The number of pyridine rings is 1. The number of aromatic nitrogens is 1. The molecule has 1 aliphatic heterocycles. The molecule has 2 rings (SSSR count). The predicted molar refractivity (Wildman–Crippen MR) is 64.5 cm³/mol. The van der Waals surface area contributed by atoms with Crippen LogP contribution in [0.3, 0.4) is 0 Å². The van der Waals surface area contributed by atoms with Crippen molar-refractivity contribution in [3.63, 3.8) is 0 Å². The molecule has 3 nitrogen and oxygen atoms in total. The highest BCUT2D eigenvalue weighted by molar-refractivity contribution is 8.00. The van der Waals surface area contributed by atoms with Gasteiger partial charge in [0.1, 0.15) is 0 Å². The van der Waals surface area contributed by atoms with Crippen LogP contribution in [-0.2, 0) is 0 Å². The van der Waals surface area contributed by atoms with E-state index in [0.717, 1.165) is 5.69 Å². The number of rotatable bonds is 3. The molecule has 1 fully saturated rings. The zero-order valence-electron chi connectivity index (χ0n) is 8.94. The highest BCUT2D eigenvalue weighted by Crippen LogP contribution is 2.35. The van der Waals surface area contributed by atoms with Gasteiger partial charge in [0, 0.05) is 17.1 Å². The number of nitrogens with one attached hydrogen (secondary N) is 1. The fraction of sp³-hybridized carbons (Fsp3) is 0.545. The van der Waals surface area contributed by atoms with Gasteiger partial charge < -0.3 is 0 Å². The molecule has 0 radical (unpaired) electrons. The molecule has 3 N–H and O–H groups in total. The molecule has 0 saturated carbocycles. The molecule has 0 spiro atoms. The summed E-state index contributed by atoms with van der Waals surface area (Å²) in [5, 5.41) is 0.597. The molecule has 0 aliphatic carbocycles. The second-order valence-corrected chi connectivity index (χ2v) is 5.28. The third-order valence-corrected chi connectivity index (χ3v) is 4.27. The Morgan fingerprint density at radius 2 is 2.47 bits per heavy atom. The van der Waals surface area contributed by atoms with E-state index in [1.54, 1.807) is 0 Å². The third kappa shape index (κ3) is 2.51. The number of hydrogen-bond donors (Lipinski definition) is 2. The Bertz CT molecular complexity index is 306. The monoisotopic (exact) mass is 223 g/mol. The maximum absolute atomic E-state index is 5.63. The number of nitrogens with zero attached hydrogens (tertiary/aromatic N) is 1. The lowest BCUT2D eigenvalue weighted by atomic mass is 10.0. The van der Waals surface area contributed by atoms with Crippen LogP contribution in [0.25, 0.3) is 0 Å². The first-order chi connectivity index (χ1) is 7.31. The number of nitrogens with two attached hydrogens (primary N) is 1. The Kier molecular flexibility index (Phi) is 3.61. The van der Waals surface area contributed by atoms with E-state index < -0.39 is 0 Å². The van der Waals surface area contributed by atoms with Crippen LogP contribution in [0.1, 0.15) is 30.1 Å². The van der Waals surface area contributed by atoms with E-state index >= 15 is 0 Å². The lowest BCUT2D eigenvalue weighted by Crippen LogP contribution is -2.34. The van der Waals surface area contributed by atoms with E-state index in [2.05, 4.69) is 16.5 Å². The smallest absolute Gasteiger partial charge is 0.0593 e. The summed E-state index contributed by atoms with van der Waals surface area (Å²) in [6, 6.07) is 4.40. The summed E-state index contributed by atoms with van der Waals surface area (Å²) in [5.74, 6) is 6.88. The molecule has 82 valence electrons. The fourth-order valence-corrected chi connectivity index (χ4v) is 3.34. The van der Waals surface area contributed by atoms with Gasteiger partial charge in [0.05, 0.1) is 6.04 Å². The first-order valence-corrected chi connectivity index (χ1v) is 6.36. The van der Waals surface area contributed by atoms with Crippen molar-refractivity contribution < 1.29 is 0 Å². The summed E-state index contributed by atoms with van der Waals surface area (Å²) >= 11 is 2.00. The Labute approximate surface area is 94.8 Å². The largest absolute Gasteiger partial charge is 0.271 e. The second kappa shape index (κ2) is 4.96. The molecule has 1 saturated heterocycles. The van der Waals surface area contributed by atoms with E-state index in [-0.39, 0.29) is 6.04 Å². The number of thioether (sulfide) groups is 1. The SMILES string of the molecule is Cc1ccc(C(NN)C2CCCS2)cn1. The maximum atomic E-state index is 5.63. The Morgan fingerprint density at radius 1 is 1.60 bits per heavy atom. The summed E-state index contributed by atoms with van der Waals surface area (Å²) in [6.07, 6.45) is 4.47. The molecule has 0 amide bonds. The average molecular weight is 223 g/mol. The standard InChI is InChI=1S/C11H17N3S/c1-8-4-5-9(7-13-8)11(14-12)10-3-2-6-15-10/h4-5,7,10-11,14H,2-3,6,12H2,1H3. The predicted octanol–water partition coefficient (Wildman–Crippen LogP) is 1.79. The first-order valence-electron chi connectivity index (χ1n) is 5.31. The van der Waals surface area contributed by atoms with E-state index in [4.69, 9.17) is 5.84 Å². The van der Waals surface area contributed by atoms with Crippen LogP contribution >= 0.6 is 11.8 Å². The number of aryl methyl sites for hydroxylation is 1. The maximum Gasteiger partial charge on any atom is 0.0593 e. The Balaban J connectivity index is 2.14. The molecule has 0 bridgehead atoms. The minimum Gasteiger partial charge on any atom is -0.271 e. The van der Waals surface area contributed by atoms with Crippen molar-refractivity contribution in [2.75, 3.05) is 5.75 Å². The summed E-state index contributed by atoms with van der Waals surface area (Å²) < 4.78 is 0. The molecule has 2 unspecified atom stereocenters. The lowest BCUT2D eigenvalue weighted by molar-refractivity contribution is 0.519. The fourth-order valence-electron chi connectivity index (χ4n) is 1.95. The summed E-state index contributed by atoms with van der Waals surface area (Å²) in [5.41, 5.74) is 5.17. The van der Waals surface area contributed by atoms with Gasteiger partial charge in [0.25, 0.3) is 0 Å². The van der Waals surface area contributed by atoms with Gasteiger partial charge in [-0.25, -0.2) is 0 Å². The van der Waals surface area contributed by atoms with Gasteiger partial charge in [0.2, 0.25) is 0 Å². The summed E-state index contributed by atoms with van der Waals surface area (Å²) in [6.45, 7) is 2.00. The van der Waals surface area contributed by atoms with Gasteiger partial charge in [-0.3, -0.25) is 16.3 Å². The topological polar surface area (TPSA) is 50.9 Å². The first kappa shape index (κ1) is 10.9. The van der Waals surface area contributed by atoms with Crippen molar-refractivity contribution in [3.05, 3.63) is 29.6 Å². The van der Waals surface area contributed by atoms with Crippen molar-refractivity contribution in [1.29, 1.82) is 0 Å². The van der Waals surface area contributed by atoms with Crippen LogP contribution in [0, 0.1) is 6.92 Å². The lowest BCUT2D eigenvalue weighted by Gasteiger charge is -2.22. The van der Waals surface area contributed by atoms with Gasteiger partial charge in [-0.05, 0) is 37.1 Å². The van der Waals surface area contributed by atoms with Crippen LogP contribution in [-0.4, -0.2) is 16.0 Å². The van der Waals surface area contributed by atoms with Crippen LogP contribution in [0.4, 0.5) is 0 Å². The van der Waals surface area contributed by atoms with Crippen molar-refractivity contribution in [3.8, 4) is 0 Å². The van der Waals surface area contributed by atoms with Crippen molar-refractivity contribution in [1.82, 2.24) is 10.4 Å². The van der Waals surface area contributed by atoms with Crippen LogP contribution < -0.4 is 11.3 Å². The molecule has 0 aromatic carbocycles. The van der Waals surface area contributed by atoms with Crippen molar-refractivity contribution in [2.45, 2.75) is 31.1 Å². The molecule has 2 atom stereocenters. The van der Waals surface area contributed by atoms with Gasteiger partial charge in [-0.2, -0.15) is 11.8 Å². The van der Waals surface area contributed by atoms with Gasteiger partial charge in [0.15, 0.2) is 0 Å². The normalized spacial score (nSPS) is 22.9. The average Bonchev–Trinajstić information content (AvgIpc) is 2.75. The van der Waals surface area contributed by atoms with Crippen LogP contribution in [0.15, 0.2) is 18.3 Å². The molecular weight excluding hydrogens is 206 g/mol. The second-order valence-electron chi connectivity index (χ2n) is 3.93. The zero-order valence-corrected chi connectivity index (χ0v) is 9.76. The van der Waals surface area contributed by atoms with Crippen LogP contribution in [0.2, 0.25) is 0 Å². The van der Waals surface area contributed by atoms with E-state index in [1.807, 2.05) is 30.9 Å². The van der Waals surface area contributed by atoms with Crippen LogP contribution in [0.5, 0.6) is 0 Å². The van der Waals surface area contributed by atoms with Gasteiger partial charge in [-0.15, -0.1) is 0 Å². The highest BCUT2D eigenvalue weighted by atomic mass is 32.2. The van der Waals surface area contributed by atoms with Gasteiger partial charge in [-0.1, -0.05) is 6.07 Å². The molecule has 2 heterocycles. The third-order valence-electron chi connectivity index (χ3n) is 2.81. The molecule has 15 heavy (non-hydrogen) atoms. The van der Waals surface area contributed by atoms with Crippen molar-refractivity contribution >= 4 is 11.8 Å². The summed E-state index contributed by atoms with van der Waals surface area (Å²) in [7, 11) is 0. The van der Waals surface area contributed by atoms with Crippen molar-refractivity contribution in [2.24, 2.45) is 5.84 Å². The number of hydrogen-bond acceptors (Lipinski definition) is 4. The summed E-state index contributed by atoms with van der Waals surface area (Å²) in [4.78, 5) is 4.31. The Morgan fingerprint density at radius 3 is 3.00 bits per heavy atom. The molecule has 1 aliphatic rings. The molecule has 4 heteroatoms. The molecular formula is C11H17N3S. The van der Waals surface area contributed by atoms with E-state index in [1.165, 1.54) is 24.2 Å². The quantitative estimate of drug-likeness (QED) is 0.606.